The molecule has 0 aromatic carbocycles. The number of carboxylic acid groups (broad SMARTS) is 1. The molecule has 0 saturated carbocycles. The van der Waals surface area contributed by atoms with E-state index >= 15 is 0 Å². The van der Waals surface area contributed by atoms with Crippen LogP contribution in [0.5, 0.6) is 5.75 Å². The van der Waals surface area contributed by atoms with E-state index in [-0.39, 0.29) is 6.61 Å². The topological polar surface area (TPSA) is 71.5 Å². The Kier molecular flexibility index (Phi) is 5.95. The monoisotopic (exact) mass is 280 g/mol. The lowest BCUT2D eigenvalue weighted by molar-refractivity contribution is -0.148. The van der Waals surface area contributed by atoms with Gasteiger partial charge in [0, 0.05) is 12.2 Å². The zero-order chi connectivity index (χ0) is 15.2. The first-order valence-corrected chi connectivity index (χ1v) is 6.90. The Balaban J connectivity index is 2.75. The minimum Gasteiger partial charge on any atom is -0.490 e. The average Bonchev–Trinajstić information content (AvgIpc) is 2.38. The Morgan fingerprint density at radius 2 is 2.15 bits per heavy atom. The van der Waals surface area contributed by atoms with Crippen molar-refractivity contribution in [3.63, 3.8) is 0 Å². The lowest BCUT2D eigenvalue weighted by Gasteiger charge is -2.20. The molecule has 5 heteroatoms. The molecule has 20 heavy (non-hydrogen) atoms. The van der Waals surface area contributed by atoms with E-state index in [0.29, 0.717) is 12.3 Å². The smallest absolute Gasteiger partial charge is 0.312 e. The van der Waals surface area contributed by atoms with E-state index in [4.69, 9.17) is 9.84 Å². The molecule has 0 aliphatic carbocycles. The van der Waals surface area contributed by atoms with Gasteiger partial charge in [0.2, 0.25) is 0 Å². The third-order valence-corrected chi connectivity index (χ3v) is 2.96. The predicted molar refractivity (Wildman–Crippen MR) is 77.9 cm³/mol. The number of hydrogen-bond acceptors (Lipinski definition) is 4. The van der Waals surface area contributed by atoms with Crippen LogP contribution in [0.2, 0.25) is 0 Å². The number of pyridine rings is 1. The molecule has 0 aliphatic heterocycles. The number of aryl methyl sites for hydroxylation is 1. The van der Waals surface area contributed by atoms with Gasteiger partial charge in [0.1, 0.15) is 12.4 Å². The fourth-order valence-corrected chi connectivity index (χ4v) is 1.56. The molecular formula is C15H24N2O3. The Morgan fingerprint density at radius 3 is 2.75 bits per heavy atom. The molecule has 5 nitrogen and oxygen atoms in total. The highest BCUT2D eigenvalue weighted by Gasteiger charge is 2.28. The van der Waals surface area contributed by atoms with Gasteiger partial charge in [-0.05, 0) is 45.9 Å². The van der Waals surface area contributed by atoms with Gasteiger partial charge < -0.3 is 15.2 Å². The molecule has 0 amide bonds. The van der Waals surface area contributed by atoms with Crippen LogP contribution in [-0.4, -0.2) is 29.2 Å². The van der Waals surface area contributed by atoms with Crippen molar-refractivity contribution >= 4 is 5.97 Å². The molecule has 0 fully saturated rings. The molecule has 0 atom stereocenters. The Hall–Kier alpha value is -1.62. The standard InChI is InChI=1S/C15H24N2O3/c1-5-8-16-9-12-13(7-6-11(2)17-12)20-10-15(3,4)14(18)19/h6-7,16H,5,8-10H2,1-4H3,(H,18,19). The van der Waals surface area contributed by atoms with E-state index in [1.165, 1.54) is 0 Å². The summed E-state index contributed by atoms with van der Waals surface area (Å²) in [5.74, 6) is -0.225. The van der Waals surface area contributed by atoms with Crippen molar-refractivity contribution in [1.29, 1.82) is 0 Å². The average molecular weight is 280 g/mol. The van der Waals surface area contributed by atoms with Crippen LogP contribution in [0.25, 0.3) is 0 Å². The summed E-state index contributed by atoms with van der Waals surface area (Å²) in [6, 6.07) is 3.72. The van der Waals surface area contributed by atoms with E-state index in [9.17, 15) is 4.79 Å². The summed E-state index contributed by atoms with van der Waals surface area (Å²) in [5, 5.41) is 12.4. The van der Waals surface area contributed by atoms with Gasteiger partial charge in [0.25, 0.3) is 0 Å². The second-order valence-corrected chi connectivity index (χ2v) is 5.55. The van der Waals surface area contributed by atoms with E-state index in [1.54, 1.807) is 13.8 Å². The fourth-order valence-electron chi connectivity index (χ4n) is 1.56. The molecule has 1 heterocycles. The van der Waals surface area contributed by atoms with Crippen LogP contribution >= 0.6 is 0 Å². The first-order valence-electron chi connectivity index (χ1n) is 6.90. The Labute approximate surface area is 120 Å². The minimum atomic E-state index is -0.918. The predicted octanol–water partition coefficient (Wildman–Crippen LogP) is 2.38. The van der Waals surface area contributed by atoms with Crippen molar-refractivity contribution in [2.45, 2.75) is 40.7 Å². The van der Waals surface area contributed by atoms with Crippen LogP contribution in [0, 0.1) is 12.3 Å². The third kappa shape index (κ3) is 4.81. The van der Waals surface area contributed by atoms with Crippen molar-refractivity contribution in [3.05, 3.63) is 23.5 Å². The quantitative estimate of drug-likeness (QED) is 0.715. The molecular weight excluding hydrogens is 256 g/mol. The number of ether oxygens (including phenoxy) is 1. The molecule has 112 valence electrons. The zero-order valence-corrected chi connectivity index (χ0v) is 12.7. The van der Waals surface area contributed by atoms with Crippen LogP contribution in [-0.2, 0) is 11.3 Å². The minimum absolute atomic E-state index is 0.119. The molecule has 0 saturated heterocycles. The van der Waals surface area contributed by atoms with Crippen LogP contribution in [0.3, 0.4) is 0 Å². The molecule has 0 aliphatic rings. The molecule has 1 rings (SSSR count). The van der Waals surface area contributed by atoms with E-state index in [2.05, 4.69) is 17.2 Å². The van der Waals surface area contributed by atoms with Crippen molar-refractivity contribution in [3.8, 4) is 5.75 Å². The van der Waals surface area contributed by atoms with Gasteiger partial charge in [-0.15, -0.1) is 0 Å². The second kappa shape index (κ2) is 7.24. The summed E-state index contributed by atoms with van der Waals surface area (Å²) < 4.78 is 5.67. The van der Waals surface area contributed by atoms with E-state index < -0.39 is 11.4 Å². The number of nitrogens with one attached hydrogen (secondary N) is 1. The number of aliphatic carboxylic acids is 1. The molecule has 1 aromatic heterocycles. The number of aromatic nitrogens is 1. The maximum absolute atomic E-state index is 11.1. The van der Waals surface area contributed by atoms with Gasteiger partial charge in [-0.2, -0.15) is 0 Å². The first-order chi connectivity index (χ1) is 9.36. The summed E-state index contributed by atoms with van der Waals surface area (Å²) in [5.41, 5.74) is 0.821. The SMILES string of the molecule is CCCNCc1nc(C)ccc1OCC(C)(C)C(=O)O. The highest BCUT2D eigenvalue weighted by atomic mass is 16.5. The number of rotatable bonds is 8. The van der Waals surface area contributed by atoms with E-state index in [1.807, 2.05) is 19.1 Å². The number of carboxylic acids is 1. The Morgan fingerprint density at radius 1 is 1.45 bits per heavy atom. The second-order valence-electron chi connectivity index (χ2n) is 5.55. The van der Waals surface area contributed by atoms with Gasteiger partial charge in [-0.1, -0.05) is 6.92 Å². The van der Waals surface area contributed by atoms with Crippen molar-refractivity contribution < 1.29 is 14.6 Å². The van der Waals surface area contributed by atoms with Crippen molar-refractivity contribution in [2.24, 2.45) is 5.41 Å². The van der Waals surface area contributed by atoms with Crippen LogP contribution in [0.1, 0.15) is 38.6 Å². The molecule has 0 unspecified atom stereocenters. The van der Waals surface area contributed by atoms with Crippen LogP contribution in [0.4, 0.5) is 0 Å². The summed E-state index contributed by atoms with van der Waals surface area (Å²) in [6.07, 6.45) is 1.05. The highest BCUT2D eigenvalue weighted by molar-refractivity contribution is 5.73. The largest absolute Gasteiger partial charge is 0.490 e. The number of carbonyl (C=O) groups is 1. The summed E-state index contributed by atoms with van der Waals surface area (Å²) >= 11 is 0. The van der Waals surface area contributed by atoms with Gasteiger partial charge in [-0.3, -0.25) is 9.78 Å². The van der Waals surface area contributed by atoms with Crippen LogP contribution in [0.15, 0.2) is 12.1 Å². The summed E-state index contributed by atoms with van der Waals surface area (Å²) in [7, 11) is 0. The maximum Gasteiger partial charge on any atom is 0.312 e. The van der Waals surface area contributed by atoms with Crippen LogP contribution < -0.4 is 10.1 Å². The molecule has 1 aromatic rings. The normalized spacial score (nSPS) is 11.4. The van der Waals surface area contributed by atoms with Gasteiger partial charge in [0.05, 0.1) is 11.1 Å². The summed E-state index contributed by atoms with van der Waals surface area (Å²) in [4.78, 5) is 15.5. The number of hydrogen-bond donors (Lipinski definition) is 2. The zero-order valence-electron chi connectivity index (χ0n) is 12.7. The van der Waals surface area contributed by atoms with Gasteiger partial charge >= 0.3 is 5.97 Å². The molecule has 0 radical (unpaired) electrons. The Bertz CT molecular complexity index is 458. The van der Waals surface area contributed by atoms with Crippen molar-refractivity contribution in [2.75, 3.05) is 13.2 Å². The van der Waals surface area contributed by atoms with Gasteiger partial charge in [0.15, 0.2) is 0 Å². The molecule has 0 spiro atoms. The summed E-state index contributed by atoms with van der Waals surface area (Å²) in [6.45, 7) is 8.97. The van der Waals surface area contributed by atoms with Crippen molar-refractivity contribution in [1.82, 2.24) is 10.3 Å². The highest BCUT2D eigenvalue weighted by Crippen LogP contribution is 2.22. The maximum atomic E-state index is 11.1. The first kappa shape index (κ1) is 16.4. The third-order valence-electron chi connectivity index (χ3n) is 2.96. The fraction of sp³-hybridized carbons (Fsp3) is 0.600. The van der Waals surface area contributed by atoms with E-state index in [0.717, 1.165) is 24.4 Å². The van der Waals surface area contributed by atoms with Gasteiger partial charge in [-0.25, -0.2) is 0 Å². The lowest BCUT2D eigenvalue weighted by Crippen LogP contribution is -2.31. The lowest BCUT2D eigenvalue weighted by atomic mass is 9.95. The molecule has 0 bridgehead atoms. The molecule has 2 N–H and O–H groups in total. The number of nitrogens with zero attached hydrogens (tertiary/aromatic N) is 1.